The first-order valence-electron chi connectivity index (χ1n) is 6.33. The summed E-state index contributed by atoms with van der Waals surface area (Å²) in [6.45, 7) is 0.00933. The number of hydrogen-bond acceptors (Lipinski definition) is 7. The van der Waals surface area contributed by atoms with Crippen molar-refractivity contribution in [1.82, 2.24) is 9.55 Å². The lowest BCUT2D eigenvalue weighted by atomic mass is 10.2. The van der Waals surface area contributed by atoms with Crippen molar-refractivity contribution < 1.29 is 28.7 Å². The third kappa shape index (κ3) is 4.37. The first kappa shape index (κ1) is 17.6. The summed E-state index contributed by atoms with van der Waals surface area (Å²) in [7, 11) is -4.88. The second-order valence-electron chi connectivity index (χ2n) is 4.57. The molecule has 2 heterocycles. The number of rotatable bonds is 3. The molecule has 23 heavy (non-hydrogen) atoms. The topological polar surface area (TPSA) is 177 Å². The molecule has 126 valence electrons. The number of aromatic nitrogens is 2. The number of phosphoric acid groups is 1. The molecular weight excluding hydrogens is 333 g/mol. The minimum absolute atomic E-state index is 0.00933. The Morgan fingerprint density at radius 1 is 1.52 bits per heavy atom. The molecule has 3 unspecified atom stereocenters. The second-order valence-corrected chi connectivity index (χ2v) is 5.77. The number of aromatic amines is 1. The van der Waals surface area contributed by atoms with Crippen LogP contribution in [0.5, 0.6) is 0 Å². The average Bonchev–Trinajstić information content (AvgIpc) is 2.77. The zero-order valence-electron chi connectivity index (χ0n) is 11.6. The molecule has 0 amide bonds. The molecule has 3 atom stereocenters. The maximum absolute atomic E-state index is 11.8. The lowest BCUT2D eigenvalue weighted by molar-refractivity contribution is -0.135. The van der Waals surface area contributed by atoms with E-state index >= 15 is 0 Å². The van der Waals surface area contributed by atoms with E-state index in [1.54, 1.807) is 0 Å². The SMILES string of the molecule is NCC#Cc1cn(C2CC(O)C(OP(=O)(O)O)O2)c(=O)[nH]c1=O. The number of aliphatic hydroxyl groups excluding tert-OH is 1. The van der Waals surface area contributed by atoms with Crippen LogP contribution in [0.15, 0.2) is 15.8 Å². The van der Waals surface area contributed by atoms with E-state index in [4.69, 9.17) is 20.3 Å². The summed E-state index contributed by atoms with van der Waals surface area (Å²) < 4.78 is 21.1. The fourth-order valence-electron chi connectivity index (χ4n) is 1.96. The highest BCUT2D eigenvalue weighted by Crippen LogP contribution is 2.42. The Kier molecular flexibility index (Phi) is 5.18. The molecule has 0 spiro atoms. The molecule has 1 aliphatic rings. The van der Waals surface area contributed by atoms with Crippen LogP contribution in [0.25, 0.3) is 0 Å². The van der Waals surface area contributed by atoms with Crippen LogP contribution in [0.4, 0.5) is 0 Å². The Hall–Kier alpha value is -1.77. The summed E-state index contributed by atoms with van der Waals surface area (Å²) in [4.78, 5) is 42.9. The zero-order chi connectivity index (χ0) is 17.2. The van der Waals surface area contributed by atoms with E-state index in [-0.39, 0.29) is 18.5 Å². The standard InChI is InChI=1S/C11H14N3O8P/c12-3-1-2-6-5-14(11(17)13-9(6)16)8-4-7(15)10(21-8)22-23(18,19)20/h5,7-8,10,15H,3-4,12H2,(H,13,16,17)(H2,18,19,20). The molecule has 1 fully saturated rings. The van der Waals surface area contributed by atoms with Crippen molar-refractivity contribution in [3.63, 3.8) is 0 Å². The van der Waals surface area contributed by atoms with Crippen LogP contribution in [0.3, 0.4) is 0 Å². The quantitative estimate of drug-likeness (QED) is 0.293. The molecule has 11 nitrogen and oxygen atoms in total. The minimum Gasteiger partial charge on any atom is -0.388 e. The number of ether oxygens (including phenoxy) is 1. The number of aliphatic hydroxyl groups is 1. The maximum Gasteiger partial charge on any atom is 0.472 e. The minimum atomic E-state index is -4.88. The van der Waals surface area contributed by atoms with Crippen LogP contribution >= 0.6 is 7.82 Å². The Labute approximate surface area is 128 Å². The van der Waals surface area contributed by atoms with Crippen LogP contribution in [0.1, 0.15) is 18.2 Å². The van der Waals surface area contributed by atoms with Crippen LogP contribution in [-0.4, -0.2) is 43.4 Å². The van der Waals surface area contributed by atoms with Gasteiger partial charge in [0.2, 0.25) is 0 Å². The molecule has 1 saturated heterocycles. The van der Waals surface area contributed by atoms with Crippen LogP contribution in [0.2, 0.25) is 0 Å². The summed E-state index contributed by atoms with van der Waals surface area (Å²) >= 11 is 0. The van der Waals surface area contributed by atoms with Gasteiger partial charge in [-0.15, -0.1) is 0 Å². The zero-order valence-corrected chi connectivity index (χ0v) is 12.5. The van der Waals surface area contributed by atoms with Gasteiger partial charge in [-0.3, -0.25) is 18.9 Å². The van der Waals surface area contributed by atoms with Gasteiger partial charge in [0.1, 0.15) is 17.9 Å². The molecule has 0 radical (unpaired) electrons. The third-order valence-electron chi connectivity index (χ3n) is 2.89. The number of H-pyrrole nitrogens is 1. The number of nitrogens with one attached hydrogen (secondary N) is 1. The summed E-state index contributed by atoms with van der Waals surface area (Å²) in [6.07, 6.45) is -3.14. The smallest absolute Gasteiger partial charge is 0.388 e. The van der Waals surface area contributed by atoms with Gasteiger partial charge in [-0.2, -0.15) is 0 Å². The fourth-order valence-corrected chi connectivity index (χ4v) is 2.42. The van der Waals surface area contributed by atoms with Crippen molar-refractivity contribution in [3.8, 4) is 11.8 Å². The van der Waals surface area contributed by atoms with Crippen molar-refractivity contribution in [1.29, 1.82) is 0 Å². The summed E-state index contributed by atoms with van der Waals surface area (Å²) in [5, 5.41) is 9.72. The normalized spacial score (nSPS) is 24.3. The molecule has 1 aromatic rings. The van der Waals surface area contributed by atoms with Gasteiger partial charge in [0.05, 0.1) is 6.54 Å². The molecule has 2 rings (SSSR count). The Morgan fingerprint density at radius 3 is 2.83 bits per heavy atom. The van der Waals surface area contributed by atoms with E-state index in [0.29, 0.717) is 0 Å². The molecule has 12 heteroatoms. The van der Waals surface area contributed by atoms with Crippen LogP contribution in [0, 0.1) is 11.8 Å². The highest BCUT2D eigenvalue weighted by atomic mass is 31.2. The maximum atomic E-state index is 11.8. The number of nitrogens with two attached hydrogens (primary N) is 1. The number of nitrogens with zero attached hydrogens (tertiary/aromatic N) is 1. The molecule has 0 saturated carbocycles. The van der Waals surface area contributed by atoms with Crippen LogP contribution in [-0.2, 0) is 13.8 Å². The van der Waals surface area contributed by atoms with Gasteiger partial charge in [-0.1, -0.05) is 11.8 Å². The first-order valence-corrected chi connectivity index (χ1v) is 7.86. The highest BCUT2D eigenvalue weighted by molar-refractivity contribution is 7.46. The summed E-state index contributed by atoms with van der Waals surface area (Å²) in [6, 6.07) is 0. The summed E-state index contributed by atoms with van der Waals surface area (Å²) in [5.74, 6) is 4.93. The predicted molar refractivity (Wildman–Crippen MR) is 74.9 cm³/mol. The van der Waals surface area contributed by atoms with Gasteiger partial charge in [0.25, 0.3) is 5.56 Å². The van der Waals surface area contributed by atoms with E-state index < -0.39 is 37.7 Å². The Morgan fingerprint density at radius 2 is 2.22 bits per heavy atom. The van der Waals surface area contributed by atoms with E-state index in [1.165, 1.54) is 0 Å². The largest absolute Gasteiger partial charge is 0.472 e. The van der Waals surface area contributed by atoms with Crippen LogP contribution < -0.4 is 17.0 Å². The molecule has 1 aliphatic heterocycles. The van der Waals surface area contributed by atoms with Gasteiger partial charge in [-0.05, 0) is 0 Å². The molecular formula is C11H14N3O8P. The van der Waals surface area contributed by atoms with Crippen molar-refractivity contribution in [2.75, 3.05) is 6.54 Å². The van der Waals surface area contributed by atoms with Gasteiger partial charge in [0, 0.05) is 12.6 Å². The van der Waals surface area contributed by atoms with E-state index in [9.17, 15) is 19.3 Å². The van der Waals surface area contributed by atoms with Gasteiger partial charge in [0.15, 0.2) is 6.29 Å². The van der Waals surface area contributed by atoms with E-state index in [1.807, 2.05) is 4.98 Å². The molecule has 0 aromatic carbocycles. The van der Waals surface area contributed by atoms with Gasteiger partial charge < -0.3 is 25.4 Å². The van der Waals surface area contributed by atoms with Gasteiger partial charge in [-0.25, -0.2) is 9.36 Å². The molecule has 0 aliphatic carbocycles. The van der Waals surface area contributed by atoms with Crippen molar-refractivity contribution in [2.24, 2.45) is 5.73 Å². The molecule has 1 aromatic heterocycles. The van der Waals surface area contributed by atoms with E-state index in [2.05, 4.69) is 16.4 Å². The predicted octanol–water partition coefficient (Wildman–Crippen LogP) is -2.44. The average molecular weight is 347 g/mol. The van der Waals surface area contributed by atoms with Crippen molar-refractivity contribution in [3.05, 3.63) is 32.6 Å². The Balaban J connectivity index is 2.31. The molecule has 6 N–H and O–H groups in total. The fraction of sp³-hybridized carbons (Fsp3) is 0.455. The lowest BCUT2D eigenvalue weighted by Crippen LogP contribution is -2.33. The summed E-state index contributed by atoms with van der Waals surface area (Å²) in [5.41, 5.74) is 3.62. The van der Waals surface area contributed by atoms with E-state index in [0.717, 1.165) is 10.8 Å². The highest BCUT2D eigenvalue weighted by Gasteiger charge is 2.40. The lowest BCUT2D eigenvalue weighted by Gasteiger charge is -2.16. The van der Waals surface area contributed by atoms with Crippen molar-refractivity contribution in [2.45, 2.75) is 25.0 Å². The Bertz CT molecular complexity index is 800. The molecule has 0 bridgehead atoms. The number of phosphoric ester groups is 1. The second kappa shape index (κ2) is 6.77. The monoisotopic (exact) mass is 347 g/mol. The third-order valence-corrected chi connectivity index (χ3v) is 3.38. The van der Waals surface area contributed by atoms with Crippen molar-refractivity contribution >= 4 is 7.82 Å². The van der Waals surface area contributed by atoms with Gasteiger partial charge >= 0.3 is 13.5 Å². The first-order chi connectivity index (χ1) is 10.7. The number of hydrogen-bond donors (Lipinski definition) is 5.